The first-order valence-corrected chi connectivity index (χ1v) is 10.5. The quantitative estimate of drug-likeness (QED) is 0.622. The number of hydrogen-bond acceptors (Lipinski definition) is 5. The molecule has 1 aromatic carbocycles. The predicted octanol–water partition coefficient (Wildman–Crippen LogP) is 5.22. The number of benzene rings is 1. The van der Waals surface area contributed by atoms with E-state index in [0.29, 0.717) is 33.6 Å². The van der Waals surface area contributed by atoms with Crippen LogP contribution in [0.3, 0.4) is 0 Å². The van der Waals surface area contributed by atoms with Gasteiger partial charge in [-0.2, -0.15) is 0 Å². The monoisotopic (exact) mass is 424 g/mol. The van der Waals surface area contributed by atoms with Crippen molar-refractivity contribution in [3.8, 4) is 5.75 Å². The van der Waals surface area contributed by atoms with E-state index in [-0.39, 0.29) is 5.91 Å². The van der Waals surface area contributed by atoms with Crippen LogP contribution in [0, 0.1) is 12.8 Å². The molecular weight excluding hydrogens is 400 g/mol. The molecule has 1 saturated heterocycles. The van der Waals surface area contributed by atoms with Crippen molar-refractivity contribution in [3.05, 3.63) is 52.8 Å². The summed E-state index contributed by atoms with van der Waals surface area (Å²) in [4.78, 5) is 24.3. The topological polar surface area (TPSA) is 67.3 Å². The highest BCUT2D eigenvalue weighted by molar-refractivity contribution is 6.32. The van der Waals surface area contributed by atoms with Gasteiger partial charge in [0.1, 0.15) is 5.75 Å². The Bertz CT molecular complexity index is 1100. The highest BCUT2D eigenvalue weighted by atomic mass is 35.5. The van der Waals surface area contributed by atoms with Gasteiger partial charge in [-0.15, -0.1) is 0 Å². The number of carbonyl (C=O) groups is 1. The molecule has 0 radical (unpaired) electrons. The van der Waals surface area contributed by atoms with Crippen LogP contribution in [0.5, 0.6) is 5.75 Å². The van der Waals surface area contributed by atoms with E-state index < -0.39 is 0 Å². The smallest absolute Gasteiger partial charge is 0.257 e. The minimum Gasteiger partial charge on any atom is -0.495 e. The number of pyridine rings is 2. The molecule has 1 fully saturated rings. The molecular formula is C23H25ClN4O2. The van der Waals surface area contributed by atoms with E-state index in [1.807, 2.05) is 30.0 Å². The first-order chi connectivity index (χ1) is 14.5. The summed E-state index contributed by atoms with van der Waals surface area (Å²) in [5, 5.41) is 4.68. The maximum Gasteiger partial charge on any atom is 0.257 e. The second-order valence-electron chi connectivity index (χ2n) is 7.84. The summed E-state index contributed by atoms with van der Waals surface area (Å²) >= 11 is 6.31. The van der Waals surface area contributed by atoms with Gasteiger partial charge in [0.2, 0.25) is 0 Å². The van der Waals surface area contributed by atoms with Crippen LogP contribution in [0.4, 0.5) is 11.4 Å². The molecule has 30 heavy (non-hydrogen) atoms. The number of methoxy groups -OCH3 is 1. The van der Waals surface area contributed by atoms with Gasteiger partial charge in [-0.3, -0.25) is 4.79 Å². The van der Waals surface area contributed by atoms with E-state index in [2.05, 4.69) is 22.2 Å². The Kier molecular flexibility index (Phi) is 5.77. The molecule has 3 heterocycles. The maximum atomic E-state index is 13.4. The number of nitrogens with one attached hydrogen (secondary N) is 1. The molecule has 1 aliphatic rings. The molecule has 0 aliphatic carbocycles. The third-order valence-electron chi connectivity index (χ3n) is 5.46. The van der Waals surface area contributed by atoms with Crippen LogP contribution in [0.1, 0.15) is 35.8 Å². The molecule has 1 atom stereocenters. The lowest BCUT2D eigenvalue weighted by Gasteiger charge is -2.31. The van der Waals surface area contributed by atoms with Gasteiger partial charge in [-0.1, -0.05) is 18.5 Å². The number of halogens is 1. The minimum absolute atomic E-state index is 0.0152. The highest BCUT2D eigenvalue weighted by Crippen LogP contribution is 2.33. The number of amides is 1. The van der Waals surface area contributed by atoms with Gasteiger partial charge in [0.05, 0.1) is 23.4 Å². The van der Waals surface area contributed by atoms with Crippen LogP contribution in [0.15, 0.2) is 36.5 Å². The molecule has 7 heteroatoms. The highest BCUT2D eigenvalue weighted by Gasteiger charge is 2.25. The number of nitrogens with zero attached hydrogens (tertiary/aromatic N) is 3. The lowest BCUT2D eigenvalue weighted by molar-refractivity contribution is 0.0684. The van der Waals surface area contributed by atoms with Crippen LogP contribution < -0.4 is 10.1 Å². The van der Waals surface area contributed by atoms with Crippen molar-refractivity contribution < 1.29 is 9.53 Å². The molecule has 0 saturated carbocycles. The number of likely N-dealkylation sites (tertiary alicyclic amines) is 1. The molecule has 0 unspecified atom stereocenters. The third-order valence-corrected chi connectivity index (χ3v) is 5.76. The maximum absolute atomic E-state index is 13.4. The standard InChI is InChI=1S/C23H25ClN4O2/c1-14-5-4-10-28(13-14)23(29)18-12-25-22-17(8-6-15(2)26-22)21(18)27-16-7-9-20(30-3)19(24)11-16/h6-9,11-12,14H,4-5,10,13H2,1-3H3,(H,25,26,27)/t14-/m1/s1. The first-order valence-electron chi connectivity index (χ1n) is 10.1. The zero-order valence-electron chi connectivity index (χ0n) is 17.4. The fourth-order valence-corrected chi connectivity index (χ4v) is 4.16. The summed E-state index contributed by atoms with van der Waals surface area (Å²) < 4.78 is 5.24. The average Bonchev–Trinajstić information content (AvgIpc) is 2.73. The summed E-state index contributed by atoms with van der Waals surface area (Å²) in [6.07, 6.45) is 3.80. The molecule has 0 bridgehead atoms. The third kappa shape index (κ3) is 4.05. The lowest BCUT2D eigenvalue weighted by Crippen LogP contribution is -2.39. The summed E-state index contributed by atoms with van der Waals surface area (Å²) in [7, 11) is 1.58. The number of aryl methyl sites for hydroxylation is 1. The number of aromatic nitrogens is 2. The van der Waals surface area contributed by atoms with E-state index in [1.54, 1.807) is 25.4 Å². The van der Waals surface area contributed by atoms with Crippen LogP contribution in [0.2, 0.25) is 5.02 Å². The molecule has 3 aromatic rings. The van der Waals surface area contributed by atoms with E-state index in [4.69, 9.17) is 16.3 Å². The fraction of sp³-hybridized carbons (Fsp3) is 0.348. The molecule has 156 valence electrons. The number of piperidine rings is 1. The van der Waals surface area contributed by atoms with Gasteiger partial charge in [0, 0.05) is 36.1 Å². The van der Waals surface area contributed by atoms with Gasteiger partial charge < -0.3 is 15.0 Å². The van der Waals surface area contributed by atoms with E-state index in [9.17, 15) is 4.79 Å². The van der Waals surface area contributed by atoms with Gasteiger partial charge in [-0.25, -0.2) is 9.97 Å². The van der Waals surface area contributed by atoms with E-state index >= 15 is 0 Å². The summed E-state index contributed by atoms with van der Waals surface area (Å²) in [5.41, 5.74) is 3.46. The molecule has 0 spiro atoms. The Labute approximate surface area is 181 Å². The number of rotatable bonds is 4. The molecule has 6 nitrogen and oxygen atoms in total. The molecule has 1 aliphatic heterocycles. The number of anilines is 2. The Hall–Kier alpha value is -2.86. The molecule has 4 rings (SSSR count). The summed E-state index contributed by atoms with van der Waals surface area (Å²) in [6, 6.07) is 9.33. The van der Waals surface area contributed by atoms with Gasteiger partial charge in [0.15, 0.2) is 5.65 Å². The van der Waals surface area contributed by atoms with Crippen molar-refractivity contribution >= 4 is 39.9 Å². The lowest BCUT2D eigenvalue weighted by atomic mass is 9.99. The second-order valence-corrected chi connectivity index (χ2v) is 8.25. The number of hydrogen-bond donors (Lipinski definition) is 1. The van der Waals surface area contributed by atoms with Crippen molar-refractivity contribution in [2.75, 3.05) is 25.5 Å². The second kappa shape index (κ2) is 8.48. The van der Waals surface area contributed by atoms with Gasteiger partial charge >= 0.3 is 0 Å². The van der Waals surface area contributed by atoms with E-state index in [0.717, 1.165) is 42.7 Å². The number of ether oxygens (including phenoxy) is 1. The van der Waals surface area contributed by atoms with Crippen molar-refractivity contribution in [2.24, 2.45) is 5.92 Å². The Morgan fingerprint density at radius 1 is 1.30 bits per heavy atom. The van der Waals surface area contributed by atoms with Crippen molar-refractivity contribution in [2.45, 2.75) is 26.7 Å². The van der Waals surface area contributed by atoms with Crippen LogP contribution in [-0.2, 0) is 0 Å². The van der Waals surface area contributed by atoms with Crippen molar-refractivity contribution in [3.63, 3.8) is 0 Å². The molecule has 1 N–H and O–H groups in total. The molecule has 2 aromatic heterocycles. The zero-order valence-corrected chi connectivity index (χ0v) is 18.2. The summed E-state index contributed by atoms with van der Waals surface area (Å²) in [6.45, 7) is 5.63. The van der Waals surface area contributed by atoms with Gasteiger partial charge in [-0.05, 0) is 56.0 Å². The van der Waals surface area contributed by atoms with Crippen molar-refractivity contribution in [1.82, 2.24) is 14.9 Å². The minimum atomic E-state index is -0.0152. The molecule has 1 amide bonds. The Morgan fingerprint density at radius 3 is 2.87 bits per heavy atom. The summed E-state index contributed by atoms with van der Waals surface area (Å²) in [5.74, 6) is 1.08. The zero-order chi connectivity index (χ0) is 21.3. The van der Waals surface area contributed by atoms with Crippen LogP contribution >= 0.6 is 11.6 Å². The van der Waals surface area contributed by atoms with Crippen LogP contribution in [0.25, 0.3) is 11.0 Å². The fourth-order valence-electron chi connectivity index (χ4n) is 3.90. The number of fused-ring (bicyclic) bond motifs is 1. The van der Waals surface area contributed by atoms with Crippen molar-refractivity contribution in [1.29, 1.82) is 0 Å². The van der Waals surface area contributed by atoms with Crippen LogP contribution in [-0.4, -0.2) is 41.0 Å². The Balaban J connectivity index is 1.79. The average molecular weight is 425 g/mol. The SMILES string of the molecule is COc1ccc(Nc2c(C(=O)N3CCC[C@@H](C)C3)cnc3nc(C)ccc23)cc1Cl. The van der Waals surface area contributed by atoms with Gasteiger partial charge in [0.25, 0.3) is 5.91 Å². The normalized spacial score (nSPS) is 16.5. The number of carbonyl (C=O) groups excluding carboxylic acids is 1. The Morgan fingerprint density at radius 2 is 2.13 bits per heavy atom. The van der Waals surface area contributed by atoms with E-state index in [1.165, 1.54) is 0 Å². The predicted molar refractivity (Wildman–Crippen MR) is 120 cm³/mol. The first kappa shape index (κ1) is 20.4. The largest absolute Gasteiger partial charge is 0.495 e.